The third-order valence-electron chi connectivity index (χ3n) is 8.26. The van der Waals surface area contributed by atoms with Crippen LogP contribution in [0.1, 0.15) is 16.7 Å². The van der Waals surface area contributed by atoms with Crippen LogP contribution in [0.25, 0.3) is 22.1 Å². The second kappa shape index (κ2) is 13.0. The molecule has 1 fully saturated rings. The Morgan fingerprint density at radius 1 is 0.936 bits per heavy atom. The summed E-state index contributed by atoms with van der Waals surface area (Å²) in [6.07, 6.45) is -5.37. The maximum atomic E-state index is 13.9. The number of benzene rings is 4. The summed E-state index contributed by atoms with van der Waals surface area (Å²) in [5, 5.41) is 16.7. The number of halogens is 5. The summed E-state index contributed by atoms with van der Waals surface area (Å²) in [6.45, 7) is 1.85. The van der Waals surface area contributed by atoms with Crippen LogP contribution in [0, 0.1) is 5.21 Å². The maximum Gasteiger partial charge on any atom is 0.418 e. The highest BCUT2D eigenvalue weighted by Gasteiger charge is 2.34. The minimum atomic E-state index is -4.78. The highest BCUT2D eigenvalue weighted by molar-refractivity contribution is 6.32. The molecule has 242 valence electrons. The summed E-state index contributed by atoms with van der Waals surface area (Å²) in [7, 11) is 0. The first kappa shape index (κ1) is 32.6. The van der Waals surface area contributed by atoms with Crippen LogP contribution in [0.3, 0.4) is 0 Å². The third-order valence-corrected chi connectivity index (χ3v) is 8.85. The van der Waals surface area contributed by atoms with Gasteiger partial charge in [0, 0.05) is 33.3 Å². The van der Waals surface area contributed by atoms with Crippen LogP contribution in [-0.2, 0) is 23.9 Å². The average Bonchev–Trinajstić information content (AvgIpc) is 3.04. The van der Waals surface area contributed by atoms with Crippen LogP contribution in [0.5, 0.6) is 0 Å². The molecule has 1 saturated heterocycles. The van der Waals surface area contributed by atoms with E-state index in [1.54, 1.807) is 36.4 Å². The molecule has 47 heavy (non-hydrogen) atoms. The molecule has 0 aliphatic carbocycles. The fourth-order valence-electron chi connectivity index (χ4n) is 5.93. The van der Waals surface area contributed by atoms with Crippen molar-refractivity contribution in [3.8, 4) is 11.1 Å². The van der Waals surface area contributed by atoms with Crippen molar-refractivity contribution in [2.75, 3.05) is 36.4 Å². The number of amides is 1. The number of carbonyl (C=O) groups is 1. The first-order valence-corrected chi connectivity index (χ1v) is 15.5. The number of rotatable bonds is 7. The van der Waals surface area contributed by atoms with Crippen LogP contribution in [0.2, 0.25) is 10.0 Å². The number of carbonyl (C=O) groups excluding carboxylic acids is 1. The van der Waals surface area contributed by atoms with Gasteiger partial charge in [-0.3, -0.25) is 4.79 Å². The molecule has 0 atom stereocenters. The van der Waals surface area contributed by atoms with Crippen LogP contribution in [0.15, 0.2) is 100 Å². The summed E-state index contributed by atoms with van der Waals surface area (Å²) >= 11 is 12.4. The Kier molecular flexibility index (Phi) is 9.04. The van der Waals surface area contributed by atoms with Crippen LogP contribution >= 0.6 is 23.2 Å². The van der Waals surface area contributed by atoms with Crippen molar-refractivity contribution in [3.63, 3.8) is 0 Å². The Morgan fingerprint density at radius 2 is 1.60 bits per heavy atom. The van der Waals surface area contributed by atoms with Gasteiger partial charge in [0.25, 0.3) is 0 Å². The molecule has 6 rings (SSSR count). The van der Waals surface area contributed by atoms with E-state index in [9.17, 15) is 28.0 Å². The number of fused-ring (bicyclic) bond motifs is 1. The fourth-order valence-corrected chi connectivity index (χ4v) is 6.32. The zero-order valence-corrected chi connectivity index (χ0v) is 26.3. The van der Waals surface area contributed by atoms with E-state index in [0.29, 0.717) is 48.3 Å². The van der Waals surface area contributed by atoms with Gasteiger partial charge in [0.2, 0.25) is 5.91 Å². The molecule has 12 heteroatoms. The van der Waals surface area contributed by atoms with Crippen molar-refractivity contribution in [3.05, 3.63) is 133 Å². The minimum Gasteiger partial charge on any atom is -0.632 e. The van der Waals surface area contributed by atoms with Gasteiger partial charge in [-0.1, -0.05) is 71.7 Å². The molecule has 0 radical (unpaired) electrons. The molecule has 7 nitrogen and oxygen atoms in total. The Labute approximate surface area is 277 Å². The summed E-state index contributed by atoms with van der Waals surface area (Å²) in [6, 6.07) is 24.8. The lowest BCUT2D eigenvalue weighted by molar-refractivity contribution is -0.894. The van der Waals surface area contributed by atoms with Gasteiger partial charge in [-0.25, -0.2) is 4.79 Å². The van der Waals surface area contributed by atoms with E-state index < -0.39 is 40.0 Å². The summed E-state index contributed by atoms with van der Waals surface area (Å²) in [5.41, 5.74) is 0.165. The van der Waals surface area contributed by atoms with E-state index in [-0.39, 0.29) is 27.7 Å². The monoisotopic (exact) mass is 681 g/mol. The lowest BCUT2D eigenvalue weighted by Crippen LogP contribution is -2.55. The number of nitrogens with zero attached hydrogens (tertiary/aromatic N) is 2. The third kappa shape index (κ3) is 7.16. The lowest BCUT2D eigenvalue weighted by Gasteiger charge is -2.49. The molecule has 0 saturated carbocycles. The Hall–Kier alpha value is -4.35. The number of para-hydroxylation sites is 1. The fraction of sp³-hybridized carbons (Fsp3) is 0.200. The molecular formula is C35H28Cl2F3N3O4. The molecule has 2 heterocycles. The number of hydrogen-bond acceptors (Lipinski definition) is 5. The van der Waals surface area contributed by atoms with Crippen LogP contribution < -0.4 is 15.8 Å². The van der Waals surface area contributed by atoms with E-state index in [1.165, 1.54) is 12.1 Å². The SMILES string of the molecule is O=C(Cc1c(-c2ccccc2)c2cc(C[N+]3([O-])CCN(c4ccccc4)CC3)c(Cl)cc2oc1=O)Nc1ccc(Cl)cc1C(F)(F)F. The normalized spacial score (nSPS) is 14.7. The highest BCUT2D eigenvalue weighted by Crippen LogP contribution is 2.38. The Bertz CT molecular complexity index is 2000. The van der Waals surface area contributed by atoms with Crippen molar-refractivity contribution in [2.45, 2.75) is 19.1 Å². The van der Waals surface area contributed by atoms with Gasteiger partial charge in [-0.2, -0.15) is 13.2 Å². The van der Waals surface area contributed by atoms with E-state index in [4.69, 9.17) is 27.6 Å². The number of quaternary nitrogens is 1. The smallest absolute Gasteiger partial charge is 0.418 e. The molecular weight excluding hydrogens is 654 g/mol. The van der Waals surface area contributed by atoms with Gasteiger partial charge < -0.3 is 24.5 Å². The number of alkyl halides is 3. The molecule has 1 N–H and O–H groups in total. The summed E-state index contributed by atoms with van der Waals surface area (Å²) in [5.74, 6) is -0.865. The Balaban J connectivity index is 1.35. The summed E-state index contributed by atoms with van der Waals surface area (Å²) in [4.78, 5) is 28.7. The molecule has 1 amide bonds. The zero-order chi connectivity index (χ0) is 33.3. The van der Waals surface area contributed by atoms with Crippen molar-refractivity contribution < 1.29 is 27.0 Å². The highest BCUT2D eigenvalue weighted by atomic mass is 35.5. The van der Waals surface area contributed by atoms with Crippen LogP contribution in [0.4, 0.5) is 24.5 Å². The number of nitrogens with one attached hydrogen (secondary N) is 1. The van der Waals surface area contributed by atoms with Gasteiger partial charge in [0.15, 0.2) is 0 Å². The molecule has 1 aromatic heterocycles. The number of piperazine rings is 1. The summed E-state index contributed by atoms with van der Waals surface area (Å²) < 4.78 is 46.1. The van der Waals surface area contributed by atoms with E-state index in [0.717, 1.165) is 17.8 Å². The van der Waals surface area contributed by atoms with Gasteiger partial charge in [0.1, 0.15) is 12.1 Å². The predicted molar refractivity (Wildman–Crippen MR) is 177 cm³/mol. The molecule has 5 aromatic rings. The minimum absolute atomic E-state index is 0.0560. The number of hydrogen-bond donors (Lipinski definition) is 1. The lowest BCUT2D eigenvalue weighted by atomic mass is 9.94. The van der Waals surface area contributed by atoms with Crippen molar-refractivity contribution >= 4 is 51.5 Å². The van der Waals surface area contributed by atoms with E-state index in [2.05, 4.69) is 10.2 Å². The average molecular weight is 683 g/mol. The molecule has 4 aromatic carbocycles. The predicted octanol–water partition coefficient (Wildman–Crippen LogP) is 8.30. The zero-order valence-electron chi connectivity index (χ0n) is 24.8. The van der Waals surface area contributed by atoms with Crippen molar-refractivity contribution in [1.29, 1.82) is 0 Å². The number of hydroxylamine groups is 3. The van der Waals surface area contributed by atoms with E-state index in [1.807, 2.05) is 30.3 Å². The van der Waals surface area contributed by atoms with Gasteiger partial charge in [-0.15, -0.1) is 0 Å². The largest absolute Gasteiger partial charge is 0.632 e. The van der Waals surface area contributed by atoms with Gasteiger partial charge >= 0.3 is 11.8 Å². The second-order valence-electron chi connectivity index (χ2n) is 11.4. The molecule has 0 bridgehead atoms. The molecule has 1 aliphatic heterocycles. The standard InChI is InChI=1S/C35H28Cl2F3N3O4/c36-24-11-12-30(28(18-24)35(38,39)40)41-32(44)19-27-33(22-7-3-1-4-8-22)26-17-23(29(37)20-31(26)47-34(27)45)21-43(46)15-13-42(14-16-43)25-9-5-2-6-10-25/h1-12,17-18,20H,13-16,19,21H2,(H,41,44). The van der Waals surface area contributed by atoms with Crippen molar-refractivity contribution in [1.82, 2.24) is 0 Å². The maximum absolute atomic E-state index is 13.9. The van der Waals surface area contributed by atoms with E-state index >= 15 is 0 Å². The van der Waals surface area contributed by atoms with Gasteiger partial charge in [0.05, 0.1) is 54.4 Å². The first-order valence-electron chi connectivity index (χ1n) is 14.8. The van der Waals surface area contributed by atoms with Crippen molar-refractivity contribution in [2.24, 2.45) is 0 Å². The first-order chi connectivity index (χ1) is 22.4. The topological polar surface area (TPSA) is 85.6 Å². The molecule has 0 unspecified atom stereocenters. The van der Waals surface area contributed by atoms with Gasteiger partial charge in [-0.05, 0) is 42.0 Å². The quantitative estimate of drug-likeness (QED) is 0.106. The molecule has 1 aliphatic rings. The second-order valence-corrected chi connectivity index (χ2v) is 12.3. The number of anilines is 2. The Morgan fingerprint density at radius 3 is 2.26 bits per heavy atom. The molecule has 0 spiro atoms. The van der Waals surface area contributed by atoms with Crippen LogP contribution in [-0.4, -0.2) is 36.7 Å².